The second-order valence-electron chi connectivity index (χ2n) is 4.21. The summed E-state index contributed by atoms with van der Waals surface area (Å²) in [6.45, 7) is -0.160. The molecule has 0 unspecified atom stereocenters. The first-order valence-electron chi connectivity index (χ1n) is 5.77. The number of benzene rings is 1. The molecule has 0 aliphatic carbocycles. The first-order chi connectivity index (χ1) is 9.58. The van der Waals surface area contributed by atoms with E-state index >= 15 is 0 Å². The Morgan fingerprint density at radius 2 is 2.00 bits per heavy atom. The molecule has 0 radical (unpaired) electrons. The summed E-state index contributed by atoms with van der Waals surface area (Å²) in [7, 11) is -3.59. The fourth-order valence-electron chi connectivity index (χ4n) is 1.81. The number of hydrogen-bond donors (Lipinski definition) is 2. The molecule has 0 amide bonds. The van der Waals surface area contributed by atoms with Crippen LogP contribution in [0.1, 0.15) is 5.56 Å². The monoisotopic (exact) mass is 325 g/mol. The van der Waals surface area contributed by atoms with Gasteiger partial charge in [0.2, 0.25) is 0 Å². The van der Waals surface area contributed by atoms with Gasteiger partial charge in [0.05, 0.1) is 6.61 Å². The van der Waals surface area contributed by atoms with Crippen LogP contribution < -0.4 is 4.72 Å². The van der Waals surface area contributed by atoms with Crippen molar-refractivity contribution in [2.75, 3.05) is 4.72 Å². The zero-order chi connectivity index (χ0) is 14.2. The number of thiophene rings is 2. The predicted molar refractivity (Wildman–Crippen MR) is 82.9 cm³/mol. The van der Waals surface area contributed by atoms with Gasteiger partial charge in [-0.15, -0.1) is 22.7 Å². The molecule has 7 heteroatoms. The molecular formula is C13H11NO3S3. The number of hydrogen-bond acceptors (Lipinski definition) is 5. The second kappa shape index (κ2) is 5.17. The standard InChI is InChI=1S/C13H11NO3S3/c15-7-9-5-13(19-8-9)20(16,17)14-11-1-2-12-10(6-11)3-4-18-12/h1-6,8,14-15H,7H2. The third-order valence-electron chi connectivity index (χ3n) is 2.78. The number of nitrogens with one attached hydrogen (secondary N) is 1. The second-order valence-corrected chi connectivity index (χ2v) is 7.98. The van der Waals surface area contributed by atoms with Crippen molar-refractivity contribution in [2.24, 2.45) is 0 Å². The van der Waals surface area contributed by atoms with Crippen LogP contribution in [0.5, 0.6) is 0 Å². The number of aliphatic hydroxyl groups excluding tert-OH is 1. The molecule has 0 fully saturated rings. The molecule has 0 bridgehead atoms. The van der Waals surface area contributed by atoms with Crippen LogP contribution in [-0.4, -0.2) is 13.5 Å². The van der Waals surface area contributed by atoms with E-state index in [0.29, 0.717) is 11.3 Å². The number of sulfonamides is 1. The van der Waals surface area contributed by atoms with E-state index in [4.69, 9.17) is 5.11 Å². The third-order valence-corrected chi connectivity index (χ3v) is 6.55. The van der Waals surface area contributed by atoms with E-state index < -0.39 is 10.0 Å². The van der Waals surface area contributed by atoms with Crippen LogP contribution in [0.2, 0.25) is 0 Å². The van der Waals surface area contributed by atoms with Gasteiger partial charge in [-0.05, 0) is 52.0 Å². The Kier molecular flexibility index (Phi) is 3.51. The maximum Gasteiger partial charge on any atom is 0.271 e. The molecule has 2 aromatic heterocycles. The van der Waals surface area contributed by atoms with Gasteiger partial charge < -0.3 is 5.11 Å². The lowest BCUT2D eigenvalue weighted by molar-refractivity contribution is 0.282. The van der Waals surface area contributed by atoms with Crippen LogP contribution in [0.3, 0.4) is 0 Å². The van der Waals surface area contributed by atoms with Crippen molar-refractivity contribution in [1.82, 2.24) is 0 Å². The van der Waals surface area contributed by atoms with Gasteiger partial charge in [-0.25, -0.2) is 8.42 Å². The highest BCUT2D eigenvalue weighted by Gasteiger charge is 2.17. The number of aliphatic hydroxyl groups is 1. The fraction of sp³-hybridized carbons (Fsp3) is 0.0769. The van der Waals surface area contributed by atoms with Crippen molar-refractivity contribution in [3.8, 4) is 0 Å². The molecule has 2 heterocycles. The van der Waals surface area contributed by atoms with Crippen molar-refractivity contribution in [3.05, 3.63) is 46.7 Å². The summed E-state index contributed by atoms with van der Waals surface area (Å²) >= 11 is 2.71. The molecule has 0 spiro atoms. The highest BCUT2D eigenvalue weighted by Crippen LogP contribution is 2.27. The average molecular weight is 325 g/mol. The van der Waals surface area contributed by atoms with Crippen molar-refractivity contribution >= 4 is 48.5 Å². The van der Waals surface area contributed by atoms with Crippen molar-refractivity contribution in [2.45, 2.75) is 10.8 Å². The van der Waals surface area contributed by atoms with Gasteiger partial charge in [0, 0.05) is 10.4 Å². The third kappa shape index (κ3) is 2.57. The summed E-state index contributed by atoms with van der Waals surface area (Å²) in [5, 5.41) is 13.6. The summed E-state index contributed by atoms with van der Waals surface area (Å²) in [6.07, 6.45) is 0. The Hall–Kier alpha value is -1.41. The number of anilines is 1. The Morgan fingerprint density at radius 3 is 2.75 bits per heavy atom. The minimum absolute atomic E-state index is 0.160. The molecule has 3 rings (SSSR count). The summed E-state index contributed by atoms with van der Waals surface area (Å²) in [6, 6.07) is 8.88. The Labute approximate surface area is 124 Å². The van der Waals surface area contributed by atoms with Crippen LogP contribution >= 0.6 is 22.7 Å². The molecule has 0 aliphatic rings. The van der Waals surface area contributed by atoms with Gasteiger partial charge in [0.1, 0.15) is 4.21 Å². The van der Waals surface area contributed by atoms with Crippen molar-refractivity contribution in [3.63, 3.8) is 0 Å². The van der Waals surface area contributed by atoms with E-state index in [1.807, 2.05) is 23.6 Å². The molecule has 0 atom stereocenters. The first kappa shape index (κ1) is 13.6. The van der Waals surface area contributed by atoms with Crippen LogP contribution in [0.15, 0.2) is 45.3 Å². The summed E-state index contributed by atoms with van der Waals surface area (Å²) in [4.78, 5) is 0. The van der Waals surface area contributed by atoms with E-state index in [0.717, 1.165) is 21.4 Å². The summed E-state index contributed by atoms with van der Waals surface area (Å²) in [5.74, 6) is 0. The molecule has 0 saturated carbocycles. The Bertz CT molecular complexity index is 849. The minimum atomic E-state index is -3.59. The van der Waals surface area contributed by atoms with E-state index in [9.17, 15) is 8.42 Å². The van der Waals surface area contributed by atoms with Gasteiger partial charge >= 0.3 is 0 Å². The van der Waals surface area contributed by atoms with E-state index in [-0.39, 0.29) is 10.8 Å². The predicted octanol–water partition coefficient (Wildman–Crippen LogP) is 3.26. The Balaban J connectivity index is 1.92. The minimum Gasteiger partial charge on any atom is -0.392 e. The summed E-state index contributed by atoms with van der Waals surface area (Å²) in [5.41, 5.74) is 1.14. The molecule has 20 heavy (non-hydrogen) atoms. The molecule has 104 valence electrons. The van der Waals surface area contributed by atoms with Gasteiger partial charge in [-0.1, -0.05) is 0 Å². The normalized spacial score (nSPS) is 11.8. The smallest absolute Gasteiger partial charge is 0.271 e. The topological polar surface area (TPSA) is 66.4 Å². The van der Waals surface area contributed by atoms with E-state index in [1.54, 1.807) is 22.8 Å². The lowest BCUT2D eigenvalue weighted by atomic mass is 10.2. The van der Waals surface area contributed by atoms with Crippen LogP contribution in [0.25, 0.3) is 10.1 Å². The molecule has 3 aromatic rings. The zero-order valence-corrected chi connectivity index (χ0v) is 12.7. The van der Waals surface area contributed by atoms with Gasteiger partial charge in [0.15, 0.2) is 0 Å². The van der Waals surface area contributed by atoms with Crippen molar-refractivity contribution in [1.29, 1.82) is 0 Å². The van der Waals surface area contributed by atoms with Crippen LogP contribution in [0, 0.1) is 0 Å². The SMILES string of the molecule is O=S(=O)(Nc1ccc2sccc2c1)c1cc(CO)cs1. The molecule has 1 aromatic carbocycles. The Morgan fingerprint density at radius 1 is 1.15 bits per heavy atom. The zero-order valence-electron chi connectivity index (χ0n) is 10.2. The quantitative estimate of drug-likeness (QED) is 0.774. The molecule has 2 N–H and O–H groups in total. The number of fused-ring (bicyclic) bond motifs is 1. The van der Waals surface area contributed by atoms with Gasteiger partial charge in [0.25, 0.3) is 10.0 Å². The van der Waals surface area contributed by atoms with Crippen LogP contribution in [0.4, 0.5) is 5.69 Å². The average Bonchev–Trinajstić information content (AvgIpc) is 3.06. The van der Waals surface area contributed by atoms with Gasteiger partial charge in [-0.2, -0.15) is 0 Å². The maximum atomic E-state index is 12.2. The molecule has 0 saturated heterocycles. The largest absolute Gasteiger partial charge is 0.392 e. The van der Waals surface area contributed by atoms with Gasteiger partial charge in [-0.3, -0.25) is 4.72 Å². The van der Waals surface area contributed by atoms with Crippen LogP contribution in [-0.2, 0) is 16.6 Å². The molecular weight excluding hydrogens is 314 g/mol. The van der Waals surface area contributed by atoms with E-state index in [1.165, 1.54) is 6.07 Å². The fourth-order valence-corrected chi connectivity index (χ4v) is 4.83. The lowest BCUT2D eigenvalue weighted by Gasteiger charge is -2.06. The lowest BCUT2D eigenvalue weighted by Crippen LogP contribution is -2.11. The molecule has 0 aliphatic heterocycles. The highest BCUT2D eigenvalue weighted by molar-refractivity contribution is 7.94. The van der Waals surface area contributed by atoms with E-state index in [2.05, 4.69) is 4.72 Å². The highest BCUT2D eigenvalue weighted by atomic mass is 32.2. The molecule has 4 nitrogen and oxygen atoms in total. The van der Waals surface area contributed by atoms with Crippen molar-refractivity contribution < 1.29 is 13.5 Å². The summed E-state index contributed by atoms with van der Waals surface area (Å²) < 4.78 is 28.3. The maximum absolute atomic E-state index is 12.2. The number of rotatable bonds is 4. The first-order valence-corrected chi connectivity index (χ1v) is 9.01.